The van der Waals surface area contributed by atoms with E-state index in [1.54, 1.807) is 6.07 Å². The smallest absolute Gasteiger partial charge is 0.123 e. The first-order chi connectivity index (χ1) is 6.81. The van der Waals surface area contributed by atoms with Gasteiger partial charge in [-0.3, -0.25) is 0 Å². The number of nitrogens with two attached hydrogens (primary N) is 1. The van der Waals surface area contributed by atoms with E-state index >= 15 is 0 Å². The van der Waals surface area contributed by atoms with Crippen molar-refractivity contribution in [3.63, 3.8) is 0 Å². The van der Waals surface area contributed by atoms with Gasteiger partial charge in [-0.1, -0.05) is 0 Å². The van der Waals surface area contributed by atoms with Crippen LogP contribution in [-0.4, -0.2) is 19.6 Å². The van der Waals surface area contributed by atoms with E-state index in [1.807, 2.05) is 6.07 Å². The van der Waals surface area contributed by atoms with Crippen LogP contribution in [0, 0.1) is 5.82 Å². The van der Waals surface area contributed by atoms with Crippen LogP contribution >= 0.6 is 0 Å². The van der Waals surface area contributed by atoms with E-state index < -0.39 is 0 Å². The van der Waals surface area contributed by atoms with Crippen molar-refractivity contribution < 1.29 is 4.39 Å². The fourth-order valence-corrected chi connectivity index (χ4v) is 2.03. The van der Waals surface area contributed by atoms with Crippen LogP contribution in [-0.2, 0) is 6.42 Å². The molecule has 0 amide bonds. The maximum absolute atomic E-state index is 13.0. The van der Waals surface area contributed by atoms with Crippen molar-refractivity contribution >= 4 is 5.69 Å². The second-order valence-corrected chi connectivity index (χ2v) is 3.65. The molecule has 76 valence electrons. The number of hydrogen-bond donors (Lipinski definition) is 1. The Labute approximate surface area is 83.5 Å². The van der Waals surface area contributed by atoms with E-state index in [0.29, 0.717) is 6.54 Å². The lowest BCUT2D eigenvalue weighted by Crippen LogP contribution is -2.33. The normalized spacial score (nSPS) is 15.4. The molecule has 3 heteroatoms. The lowest BCUT2D eigenvalue weighted by atomic mass is 10.0. The van der Waals surface area contributed by atoms with Crippen LogP contribution in [0.3, 0.4) is 0 Å². The highest BCUT2D eigenvalue weighted by Gasteiger charge is 2.15. The number of nitrogens with zero attached hydrogens (tertiary/aromatic N) is 1. The zero-order valence-corrected chi connectivity index (χ0v) is 8.17. The zero-order chi connectivity index (χ0) is 9.97. The molecule has 0 bridgehead atoms. The molecule has 1 aromatic rings. The summed E-state index contributed by atoms with van der Waals surface area (Å²) in [6, 6.07) is 5.02. The van der Waals surface area contributed by atoms with Crippen molar-refractivity contribution in [1.82, 2.24) is 0 Å². The molecule has 1 aromatic carbocycles. The first-order valence-corrected chi connectivity index (χ1v) is 5.04. The number of rotatable bonds is 2. The average Bonchev–Trinajstić information content (AvgIpc) is 2.18. The predicted octanol–water partition coefficient (Wildman–Crippen LogP) is 1.54. The van der Waals surface area contributed by atoms with Gasteiger partial charge in [0.15, 0.2) is 0 Å². The highest BCUT2D eigenvalue weighted by molar-refractivity contribution is 5.55. The minimum absolute atomic E-state index is 0.140. The molecule has 0 saturated carbocycles. The van der Waals surface area contributed by atoms with E-state index in [0.717, 1.165) is 37.2 Å². The first kappa shape index (κ1) is 9.46. The zero-order valence-electron chi connectivity index (χ0n) is 8.17. The molecule has 0 spiro atoms. The number of halogens is 1. The third-order valence-electron chi connectivity index (χ3n) is 2.66. The number of benzene rings is 1. The second-order valence-electron chi connectivity index (χ2n) is 3.65. The van der Waals surface area contributed by atoms with Crippen molar-refractivity contribution in [3.05, 3.63) is 29.6 Å². The molecule has 1 aliphatic rings. The van der Waals surface area contributed by atoms with Gasteiger partial charge in [0.25, 0.3) is 0 Å². The fraction of sp³-hybridized carbons (Fsp3) is 0.455. The summed E-state index contributed by atoms with van der Waals surface area (Å²) in [4.78, 5) is 2.23. The SMILES string of the molecule is NCCN1CCCc2cc(F)ccc21. The molecule has 1 heterocycles. The summed E-state index contributed by atoms with van der Waals surface area (Å²) in [5.74, 6) is -0.140. The maximum Gasteiger partial charge on any atom is 0.123 e. The largest absolute Gasteiger partial charge is 0.370 e. The van der Waals surface area contributed by atoms with Crippen molar-refractivity contribution in [3.8, 4) is 0 Å². The Hall–Kier alpha value is -1.09. The van der Waals surface area contributed by atoms with E-state index in [4.69, 9.17) is 5.73 Å². The van der Waals surface area contributed by atoms with Crippen LogP contribution in [0.25, 0.3) is 0 Å². The van der Waals surface area contributed by atoms with Crippen molar-refractivity contribution in [2.45, 2.75) is 12.8 Å². The van der Waals surface area contributed by atoms with Crippen molar-refractivity contribution in [2.24, 2.45) is 5.73 Å². The van der Waals surface area contributed by atoms with Gasteiger partial charge in [0, 0.05) is 25.3 Å². The Balaban J connectivity index is 2.30. The molecular formula is C11H15FN2. The van der Waals surface area contributed by atoms with Crippen LogP contribution in [0.15, 0.2) is 18.2 Å². The third kappa shape index (κ3) is 1.73. The summed E-state index contributed by atoms with van der Waals surface area (Å²) in [5, 5.41) is 0. The molecule has 0 fully saturated rings. The second kappa shape index (κ2) is 3.96. The van der Waals surface area contributed by atoms with E-state index in [2.05, 4.69) is 4.90 Å². The fourth-order valence-electron chi connectivity index (χ4n) is 2.03. The van der Waals surface area contributed by atoms with Gasteiger partial charge in [0.2, 0.25) is 0 Å². The van der Waals surface area contributed by atoms with Gasteiger partial charge >= 0.3 is 0 Å². The maximum atomic E-state index is 13.0. The van der Waals surface area contributed by atoms with Gasteiger partial charge in [-0.25, -0.2) is 4.39 Å². The topological polar surface area (TPSA) is 29.3 Å². The van der Waals surface area contributed by atoms with Crippen molar-refractivity contribution in [2.75, 3.05) is 24.5 Å². The highest BCUT2D eigenvalue weighted by Crippen LogP contribution is 2.27. The molecule has 2 rings (SSSR count). The Morgan fingerprint density at radius 1 is 1.43 bits per heavy atom. The molecule has 0 unspecified atom stereocenters. The molecule has 0 aliphatic carbocycles. The number of anilines is 1. The van der Waals surface area contributed by atoms with Crippen LogP contribution in [0.2, 0.25) is 0 Å². The van der Waals surface area contributed by atoms with Gasteiger partial charge in [-0.2, -0.15) is 0 Å². The van der Waals surface area contributed by atoms with Gasteiger partial charge in [-0.05, 0) is 36.6 Å². The van der Waals surface area contributed by atoms with Crippen LogP contribution in [0.4, 0.5) is 10.1 Å². The van der Waals surface area contributed by atoms with E-state index in [9.17, 15) is 4.39 Å². The van der Waals surface area contributed by atoms with Crippen LogP contribution < -0.4 is 10.6 Å². The Bertz CT molecular complexity index is 325. The summed E-state index contributed by atoms with van der Waals surface area (Å²) < 4.78 is 13.0. The Kier molecular flexibility index (Phi) is 2.68. The molecule has 14 heavy (non-hydrogen) atoms. The standard InChI is InChI=1S/C11H15FN2/c12-10-3-4-11-9(8-10)2-1-6-14(11)7-5-13/h3-4,8H,1-2,5-7,13H2. The first-order valence-electron chi connectivity index (χ1n) is 5.04. The molecule has 0 atom stereocenters. The summed E-state index contributed by atoms with van der Waals surface area (Å²) >= 11 is 0. The van der Waals surface area contributed by atoms with Crippen molar-refractivity contribution in [1.29, 1.82) is 0 Å². The quantitative estimate of drug-likeness (QED) is 0.773. The summed E-state index contributed by atoms with van der Waals surface area (Å²) in [6.07, 6.45) is 2.07. The Morgan fingerprint density at radius 3 is 3.07 bits per heavy atom. The van der Waals surface area contributed by atoms with Crippen LogP contribution in [0.5, 0.6) is 0 Å². The lowest BCUT2D eigenvalue weighted by Gasteiger charge is -2.30. The van der Waals surface area contributed by atoms with Gasteiger partial charge < -0.3 is 10.6 Å². The predicted molar refractivity (Wildman–Crippen MR) is 56.0 cm³/mol. The molecule has 0 aromatic heterocycles. The number of hydrogen-bond acceptors (Lipinski definition) is 2. The molecule has 2 N–H and O–H groups in total. The summed E-state index contributed by atoms with van der Waals surface area (Å²) in [6.45, 7) is 2.55. The van der Waals surface area contributed by atoms with Gasteiger partial charge in [0.1, 0.15) is 5.82 Å². The highest BCUT2D eigenvalue weighted by atomic mass is 19.1. The third-order valence-corrected chi connectivity index (χ3v) is 2.66. The molecule has 0 saturated heterocycles. The molecule has 2 nitrogen and oxygen atoms in total. The molecule has 1 aliphatic heterocycles. The summed E-state index contributed by atoms with van der Waals surface area (Å²) in [7, 11) is 0. The molecular weight excluding hydrogens is 179 g/mol. The number of aryl methyl sites for hydroxylation is 1. The Morgan fingerprint density at radius 2 is 2.29 bits per heavy atom. The average molecular weight is 194 g/mol. The van der Waals surface area contributed by atoms with E-state index in [1.165, 1.54) is 6.07 Å². The van der Waals surface area contributed by atoms with Crippen LogP contribution in [0.1, 0.15) is 12.0 Å². The van der Waals surface area contributed by atoms with Gasteiger partial charge in [-0.15, -0.1) is 0 Å². The minimum atomic E-state index is -0.140. The summed E-state index contributed by atoms with van der Waals surface area (Å²) in [5.41, 5.74) is 7.80. The van der Waals surface area contributed by atoms with E-state index in [-0.39, 0.29) is 5.82 Å². The monoisotopic (exact) mass is 194 g/mol. The molecule has 0 radical (unpaired) electrons. The minimum Gasteiger partial charge on any atom is -0.370 e. The van der Waals surface area contributed by atoms with Gasteiger partial charge in [0.05, 0.1) is 0 Å². The number of fused-ring (bicyclic) bond motifs is 1. The lowest BCUT2D eigenvalue weighted by molar-refractivity contribution is 0.618.